The Kier molecular flexibility index (Phi) is 6.98. The molecule has 282 valence electrons. The minimum absolute atomic E-state index is 0.130. The molecule has 10 aromatic carbocycles. The smallest absolute Gasteiger partial charge is 0.0561 e. The fraction of sp³-hybridized carbons (Fsp3) is 0.0526. The van der Waals surface area contributed by atoms with E-state index in [0.717, 1.165) is 11.4 Å². The number of anilines is 3. The Labute approximate surface area is 351 Å². The maximum atomic E-state index is 2.52. The van der Waals surface area contributed by atoms with Gasteiger partial charge in [0.2, 0.25) is 0 Å². The second-order valence-corrected chi connectivity index (χ2v) is 18.0. The summed E-state index contributed by atoms with van der Waals surface area (Å²) in [6.45, 7) is 4.74. The van der Waals surface area contributed by atoms with E-state index in [1.807, 2.05) is 11.3 Å². The third-order valence-corrected chi connectivity index (χ3v) is 14.5. The molecule has 0 spiro atoms. The molecule has 13 rings (SSSR count). The highest BCUT2D eigenvalue weighted by Crippen LogP contribution is 2.54. The van der Waals surface area contributed by atoms with Crippen molar-refractivity contribution in [1.82, 2.24) is 4.57 Å². The van der Waals surface area contributed by atoms with Gasteiger partial charge in [-0.3, -0.25) is 0 Å². The van der Waals surface area contributed by atoms with Gasteiger partial charge in [0.05, 0.1) is 16.7 Å². The molecule has 0 N–H and O–H groups in total. The van der Waals surface area contributed by atoms with Crippen molar-refractivity contribution < 1.29 is 0 Å². The minimum atomic E-state index is -0.130. The van der Waals surface area contributed by atoms with Crippen LogP contribution in [0.15, 0.2) is 194 Å². The topological polar surface area (TPSA) is 8.17 Å². The average Bonchev–Trinajstić information content (AvgIpc) is 3.91. The van der Waals surface area contributed by atoms with Crippen molar-refractivity contribution in [3.05, 3.63) is 205 Å². The molecule has 3 heteroatoms. The summed E-state index contributed by atoms with van der Waals surface area (Å²) in [5.74, 6) is 0. The second-order valence-electron chi connectivity index (χ2n) is 16.9. The van der Waals surface area contributed by atoms with Crippen molar-refractivity contribution in [3.8, 4) is 16.8 Å². The quantitative estimate of drug-likeness (QED) is 0.161. The molecule has 0 amide bonds. The molecule has 60 heavy (non-hydrogen) atoms. The molecule has 0 aliphatic heterocycles. The highest BCUT2D eigenvalue weighted by Gasteiger charge is 2.37. The molecule has 2 nitrogen and oxygen atoms in total. The molecule has 0 unspecified atom stereocenters. The average molecular weight is 783 g/mol. The van der Waals surface area contributed by atoms with Crippen molar-refractivity contribution in [2.45, 2.75) is 19.3 Å². The predicted octanol–water partition coefficient (Wildman–Crippen LogP) is 16.4. The van der Waals surface area contributed by atoms with E-state index in [4.69, 9.17) is 0 Å². The van der Waals surface area contributed by atoms with Gasteiger partial charge in [-0.15, -0.1) is 11.3 Å². The summed E-state index contributed by atoms with van der Waals surface area (Å²) >= 11 is 1.87. The molecular weight excluding hydrogens is 745 g/mol. The first-order valence-electron chi connectivity index (χ1n) is 20.8. The predicted molar refractivity (Wildman–Crippen MR) is 258 cm³/mol. The van der Waals surface area contributed by atoms with Gasteiger partial charge in [0.15, 0.2) is 0 Å². The lowest BCUT2D eigenvalue weighted by Crippen LogP contribution is -2.16. The lowest BCUT2D eigenvalue weighted by Gasteiger charge is -2.29. The monoisotopic (exact) mass is 782 g/mol. The Morgan fingerprint density at radius 2 is 1.05 bits per heavy atom. The molecule has 12 aromatic rings. The SMILES string of the molecule is CC1(C)c2ccccc2-c2c(N(c3ccc4ccc5c6ccccc6ccc5c4c3)c3ccc4c5ccccc5n(-c5ccc6sc7ccccc7c6c5)c4c3)cccc21. The van der Waals surface area contributed by atoms with E-state index in [-0.39, 0.29) is 5.41 Å². The van der Waals surface area contributed by atoms with Crippen molar-refractivity contribution in [2.24, 2.45) is 0 Å². The molecule has 1 aliphatic carbocycles. The number of benzene rings is 10. The van der Waals surface area contributed by atoms with Gasteiger partial charge in [0.1, 0.15) is 0 Å². The van der Waals surface area contributed by atoms with Crippen molar-refractivity contribution in [1.29, 1.82) is 0 Å². The van der Waals surface area contributed by atoms with E-state index in [1.165, 1.54) is 108 Å². The maximum Gasteiger partial charge on any atom is 0.0561 e. The van der Waals surface area contributed by atoms with Gasteiger partial charge < -0.3 is 9.47 Å². The Hall–Kier alpha value is -7.20. The van der Waals surface area contributed by atoms with E-state index >= 15 is 0 Å². The highest BCUT2D eigenvalue weighted by molar-refractivity contribution is 7.25. The van der Waals surface area contributed by atoms with Crippen LogP contribution in [0, 0.1) is 0 Å². The molecule has 0 atom stereocenters. The zero-order chi connectivity index (χ0) is 39.7. The van der Waals surface area contributed by atoms with Crippen LogP contribution in [0.2, 0.25) is 0 Å². The van der Waals surface area contributed by atoms with E-state index in [2.05, 4.69) is 217 Å². The van der Waals surface area contributed by atoms with E-state index in [0.29, 0.717) is 0 Å². The molecule has 1 aliphatic rings. The zero-order valence-corrected chi connectivity index (χ0v) is 34.1. The molecule has 0 fully saturated rings. The number of hydrogen-bond donors (Lipinski definition) is 0. The Morgan fingerprint density at radius 3 is 1.95 bits per heavy atom. The van der Waals surface area contributed by atoms with Gasteiger partial charge in [0, 0.05) is 59.0 Å². The summed E-state index contributed by atoms with van der Waals surface area (Å²) in [6, 6.07) is 72.6. The summed E-state index contributed by atoms with van der Waals surface area (Å²) in [4.78, 5) is 2.52. The fourth-order valence-corrected chi connectivity index (χ4v) is 11.6. The van der Waals surface area contributed by atoms with Crippen LogP contribution in [-0.2, 0) is 5.41 Å². The summed E-state index contributed by atoms with van der Waals surface area (Å²) in [5, 5.41) is 12.7. The summed E-state index contributed by atoms with van der Waals surface area (Å²) in [5.41, 5.74) is 12.2. The Balaban J connectivity index is 1.10. The molecule has 2 heterocycles. The first kappa shape index (κ1) is 33.7. The van der Waals surface area contributed by atoms with E-state index < -0.39 is 0 Å². The van der Waals surface area contributed by atoms with Crippen LogP contribution in [-0.4, -0.2) is 4.57 Å². The molecular formula is C57H38N2S. The van der Waals surface area contributed by atoms with Gasteiger partial charge >= 0.3 is 0 Å². The molecule has 0 saturated heterocycles. The minimum Gasteiger partial charge on any atom is -0.310 e. The van der Waals surface area contributed by atoms with Crippen molar-refractivity contribution in [3.63, 3.8) is 0 Å². The van der Waals surface area contributed by atoms with Crippen LogP contribution in [0.1, 0.15) is 25.0 Å². The third kappa shape index (κ3) is 4.70. The number of rotatable bonds is 4. The summed E-state index contributed by atoms with van der Waals surface area (Å²) < 4.78 is 5.11. The van der Waals surface area contributed by atoms with Gasteiger partial charge in [-0.25, -0.2) is 0 Å². The van der Waals surface area contributed by atoms with Gasteiger partial charge in [-0.2, -0.15) is 0 Å². The number of para-hydroxylation sites is 1. The van der Waals surface area contributed by atoms with Crippen molar-refractivity contribution in [2.75, 3.05) is 4.90 Å². The Bertz CT molecular complexity index is 3770. The molecule has 0 saturated carbocycles. The largest absolute Gasteiger partial charge is 0.310 e. The highest BCUT2D eigenvalue weighted by atomic mass is 32.1. The van der Waals surface area contributed by atoms with Crippen LogP contribution in [0.5, 0.6) is 0 Å². The van der Waals surface area contributed by atoms with Crippen LogP contribution in [0.4, 0.5) is 17.1 Å². The number of fused-ring (bicyclic) bond motifs is 14. The number of hydrogen-bond acceptors (Lipinski definition) is 2. The van der Waals surface area contributed by atoms with Gasteiger partial charge in [0.25, 0.3) is 0 Å². The number of nitrogens with zero attached hydrogens (tertiary/aromatic N) is 2. The summed E-state index contributed by atoms with van der Waals surface area (Å²) in [6.07, 6.45) is 0. The number of thiophene rings is 1. The van der Waals surface area contributed by atoms with Gasteiger partial charge in [-0.05, 0) is 110 Å². The van der Waals surface area contributed by atoms with Gasteiger partial charge in [-0.1, -0.05) is 147 Å². The van der Waals surface area contributed by atoms with Crippen LogP contribution < -0.4 is 4.90 Å². The molecule has 0 bridgehead atoms. The normalized spacial score (nSPS) is 13.3. The van der Waals surface area contributed by atoms with Crippen LogP contribution >= 0.6 is 11.3 Å². The van der Waals surface area contributed by atoms with Crippen LogP contribution in [0.25, 0.3) is 91.1 Å². The fourth-order valence-electron chi connectivity index (χ4n) is 10.5. The maximum absolute atomic E-state index is 2.52. The third-order valence-electron chi connectivity index (χ3n) is 13.3. The van der Waals surface area contributed by atoms with E-state index in [9.17, 15) is 0 Å². The lowest BCUT2D eigenvalue weighted by atomic mass is 9.82. The lowest BCUT2D eigenvalue weighted by molar-refractivity contribution is 0.660. The molecule has 0 radical (unpaired) electrons. The second kappa shape index (κ2) is 12.4. The standard InChI is InChI=1S/C57H38N2S/c1-57(2)49-17-8-5-16-46(49)56-50(57)18-11-20-52(56)58(37-25-22-36-24-28-41-40-13-4-3-12-35(40)23-29-42(41)47(36)32-37)39-26-30-44-43-14-6-9-19-51(43)59(53(44)34-39)38-27-31-55-48(33-38)45-15-7-10-21-54(45)60-55/h3-34H,1-2H3. The zero-order valence-electron chi connectivity index (χ0n) is 33.3. The van der Waals surface area contributed by atoms with Crippen LogP contribution in [0.3, 0.4) is 0 Å². The molecule has 2 aromatic heterocycles. The Morgan fingerprint density at radius 1 is 0.417 bits per heavy atom. The number of aromatic nitrogens is 1. The van der Waals surface area contributed by atoms with E-state index in [1.54, 1.807) is 0 Å². The summed E-state index contributed by atoms with van der Waals surface area (Å²) in [7, 11) is 0. The van der Waals surface area contributed by atoms with Crippen molar-refractivity contribution >= 4 is 103 Å². The first-order chi connectivity index (χ1) is 29.5. The first-order valence-corrected chi connectivity index (χ1v) is 21.7.